The molecule has 0 aromatic heterocycles. The van der Waals surface area contributed by atoms with Gasteiger partial charge in [0.1, 0.15) is 8.07 Å². The van der Waals surface area contributed by atoms with Gasteiger partial charge < -0.3 is 4.80 Å². The monoisotopic (exact) mass is 374 g/mol. The van der Waals surface area contributed by atoms with Gasteiger partial charge in [-0.3, -0.25) is 0 Å². The van der Waals surface area contributed by atoms with Crippen molar-refractivity contribution in [3.05, 3.63) is 91.6 Å². The van der Waals surface area contributed by atoms with Gasteiger partial charge in [-0.15, -0.1) is 0 Å². The van der Waals surface area contributed by atoms with E-state index in [1.165, 1.54) is 33.1 Å². The van der Waals surface area contributed by atoms with Crippen LogP contribution in [0.3, 0.4) is 0 Å². The fraction of sp³-hybridized carbons (Fsp3) is 0.304. The minimum atomic E-state index is -2.33. The lowest BCUT2D eigenvalue weighted by Crippen LogP contribution is -2.30. The van der Waals surface area contributed by atoms with Gasteiger partial charge >= 0.3 is 0 Å². The maximum atomic E-state index is 10.9. The van der Waals surface area contributed by atoms with Crippen molar-refractivity contribution < 1.29 is 4.80 Å². The van der Waals surface area contributed by atoms with Crippen LogP contribution in [-0.4, -0.2) is 21.2 Å². The molecule has 0 radical (unpaired) electrons. The van der Waals surface area contributed by atoms with Crippen molar-refractivity contribution in [1.29, 1.82) is 0 Å². The summed E-state index contributed by atoms with van der Waals surface area (Å²) in [5.74, 6) is 0.440. The van der Waals surface area contributed by atoms with Crippen LogP contribution in [0.25, 0.3) is 0 Å². The molecule has 0 spiro atoms. The van der Waals surface area contributed by atoms with E-state index < -0.39 is 16.4 Å². The Kier molecular flexibility index (Phi) is 3.15. The Hall–Kier alpha value is -1.69. The van der Waals surface area contributed by atoms with E-state index >= 15 is 0 Å². The second-order valence-electron chi connectivity index (χ2n) is 9.13. The van der Waals surface area contributed by atoms with Crippen molar-refractivity contribution in [2.24, 2.45) is 5.92 Å². The highest BCUT2D eigenvalue weighted by Gasteiger charge is 2.53. The third-order valence-corrected chi connectivity index (χ3v) is 12.1. The molecule has 26 heavy (non-hydrogen) atoms. The normalized spacial score (nSPS) is 28.1. The smallest absolute Gasteiger partial charge is 0.214 e. The maximum absolute atomic E-state index is 10.9. The van der Waals surface area contributed by atoms with Crippen LogP contribution in [-0.2, 0) is 0 Å². The lowest BCUT2D eigenvalue weighted by Gasteiger charge is -2.25. The van der Waals surface area contributed by atoms with Gasteiger partial charge in [0.05, 0.1) is 0 Å². The molecular weight excluding hydrogens is 348 g/mol. The standard InChI is InChI=1S/C23H26OSi2/c1-14-20(17-11-8-12-19(17)26(4,5)24)23-21-16-10-7-6-9-15(16)13-18(21)22(14)25(23,2)3/h6-10,12-13,16,24H,11H2,1-5H3. The molecule has 3 heteroatoms. The second kappa shape index (κ2) is 4.97. The van der Waals surface area contributed by atoms with Crippen molar-refractivity contribution >= 4 is 16.4 Å². The molecule has 0 fully saturated rings. The van der Waals surface area contributed by atoms with E-state index in [0.717, 1.165) is 6.42 Å². The topological polar surface area (TPSA) is 20.2 Å². The number of rotatable bonds is 2. The van der Waals surface area contributed by atoms with E-state index in [1.807, 2.05) is 0 Å². The molecule has 1 N–H and O–H groups in total. The fourth-order valence-electron chi connectivity index (χ4n) is 5.79. The average Bonchev–Trinajstić information content (AvgIpc) is 3.24. The van der Waals surface area contributed by atoms with Crippen LogP contribution in [0.15, 0.2) is 91.6 Å². The molecule has 0 aromatic carbocycles. The van der Waals surface area contributed by atoms with Crippen molar-refractivity contribution in [2.45, 2.75) is 39.5 Å². The highest BCUT2D eigenvalue weighted by Crippen LogP contribution is 2.61. The van der Waals surface area contributed by atoms with Crippen LogP contribution >= 0.6 is 0 Å². The van der Waals surface area contributed by atoms with E-state index in [9.17, 15) is 4.80 Å². The number of hydrogen-bond acceptors (Lipinski definition) is 1. The summed E-state index contributed by atoms with van der Waals surface area (Å²) in [6.45, 7) is 11.5. The van der Waals surface area contributed by atoms with E-state index in [-0.39, 0.29) is 0 Å². The molecular formula is C23H26OSi2. The molecule has 0 aromatic rings. The first-order valence-electron chi connectivity index (χ1n) is 9.63. The summed E-state index contributed by atoms with van der Waals surface area (Å²) in [5, 5.41) is 4.55. The Labute approximate surface area is 158 Å². The summed E-state index contributed by atoms with van der Waals surface area (Å²) in [5.41, 5.74) is 8.98. The van der Waals surface area contributed by atoms with Gasteiger partial charge in [-0.05, 0) is 75.5 Å². The molecule has 3 aliphatic carbocycles. The molecule has 2 bridgehead atoms. The average molecular weight is 375 g/mol. The van der Waals surface area contributed by atoms with Gasteiger partial charge in [0, 0.05) is 5.92 Å². The Morgan fingerprint density at radius 3 is 2.62 bits per heavy atom. The predicted molar refractivity (Wildman–Crippen MR) is 115 cm³/mol. The summed E-state index contributed by atoms with van der Waals surface area (Å²) in [7, 11) is -3.97. The first-order valence-corrected chi connectivity index (χ1v) is 15.6. The van der Waals surface area contributed by atoms with E-state index in [0.29, 0.717) is 5.92 Å². The molecule has 0 amide bonds. The summed E-state index contributed by atoms with van der Waals surface area (Å²) >= 11 is 0. The summed E-state index contributed by atoms with van der Waals surface area (Å²) in [4.78, 5) is 10.9. The molecule has 2 aliphatic heterocycles. The van der Waals surface area contributed by atoms with Crippen LogP contribution in [0.5, 0.6) is 0 Å². The Morgan fingerprint density at radius 1 is 1.12 bits per heavy atom. The molecule has 0 saturated heterocycles. The van der Waals surface area contributed by atoms with Crippen LogP contribution in [0.2, 0.25) is 26.2 Å². The number of allylic oxidation sites excluding steroid dienone is 16. The second-order valence-corrected chi connectivity index (χ2v) is 17.0. The zero-order chi connectivity index (χ0) is 18.4. The van der Waals surface area contributed by atoms with Crippen LogP contribution < -0.4 is 0 Å². The third-order valence-electron chi connectivity index (χ3n) is 6.66. The van der Waals surface area contributed by atoms with Gasteiger partial charge in [0.25, 0.3) is 0 Å². The highest BCUT2D eigenvalue weighted by molar-refractivity contribution is 6.95. The first-order chi connectivity index (χ1) is 12.2. The van der Waals surface area contributed by atoms with Crippen LogP contribution in [0.1, 0.15) is 13.3 Å². The van der Waals surface area contributed by atoms with Crippen molar-refractivity contribution in [2.75, 3.05) is 0 Å². The molecule has 0 saturated carbocycles. The molecule has 5 aliphatic rings. The summed E-state index contributed by atoms with van der Waals surface area (Å²) < 4.78 is 0. The Balaban J connectivity index is 1.78. The lowest BCUT2D eigenvalue weighted by molar-refractivity contribution is 0.563. The van der Waals surface area contributed by atoms with E-state index in [4.69, 9.17) is 0 Å². The van der Waals surface area contributed by atoms with Gasteiger partial charge in [-0.2, -0.15) is 0 Å². The van der Waals surface area contributed by atoms with E-state index in [1.54, 1.807) is 16.0 Å². The molecule has 2 heterocycles. The van der Waals surface area contributed by atoms with Gasteiger partial charge in [-0.1, -0.05) is 55.6 Å². The quantitative estimate of drug-likeness (QED) is 0.643. The molecule has 5 rings (SSSR count). The lowest BCUT2D eigenvalue weighted by atomic mass is 9.85. The SMILES string of the molecule is CC1=C(C2=C([Si](C)(C)O)C=CC2)C2=C3C(=C1[Si]2(C)C)C=C1C=CC=CC13. The van der Waals surface area contributed by atoms with Gasteiger partial charge in [0.15, 0.2) is 0 Å². The van der Waals surface area contributed by atoms with Crippen molar-refractivity contribution in [3.63, 3.8) is 0 Å². The summed E-state index contributed by atoms with van der Waals surface area (Å²) in [6, 6.07) is 0. The fourth-order valence-corrected chi connectivity index (χ4v) is 11.4. The van der Waals surface area contributed by atoms with Crippen molar-refractivity contribution in [1.82, 2.24) is 0 Å². The third kappa shape index (κ3) is 1.89. The van der Waals surface area contributed by atoms with Gasteiger partial charge in [-0.25, -0.2) is 0 Å². The first kappa shape index (κ1) is 16.5. The molecule has 132 valence electrons. The van der Waals surface area contributed by atoms with Gasteiger partial charge in [0.2, 0.25) is 8.32 Å². The molecule has 1 nitrogen and oxygen atoms in total. The Morgan fingerprint density at radius 2 is 1.88 bits per heavy atom. The highest BCUT2D eigenvalue weighted by atomic mass is 28.4. The molecule has 1 atom stereocenters. The maximum Gasteiger partial charge on any atom is 0.214 e. The minimum Gasteiger partial charge on any atom is -0.428 e. The zero-order valence-electron chi connectivity index (χ0n) is 16.3. The largest absolute Gasteiger partial charge is 0.428 e. The minimum absolute atomic E-state index is 0.440. The zero-order valence-corrected chi connectivity index (χ0v) is 18.3. The Bertz CT molecular complexity index is 1010. The number of fused-ring (bicyclic) bond motifs is 5. The van der Waals surface area contributed by atoms with Crippen molar-refractivity contribution in [3.8, 4) is 0 Å². The number of hydrogen-bond donors (Lipinski definition) is 1. The van der Waals surface area contributed by atoms with Crippen LogP contribution in [0, 0.1) is 5.92 Å². The van der Waals surface area contributed by atoms with Crippen LogP contribution in [0.4, 0.5) is 0 Å². The molecule has 1 unspecified atom stereocenters. The predicted octanol–water partition coefficient (Wildman–Crippen LogP) is 5.39. The summed E-state index contributed by atoms with van der Waals surface area (Å²) in [6.07, 6.45) is 16.9. The van der Waals surface area contributed by atoms with E-state index in [2.05, 4.69) is 75.6 Å².